The molecule has 0 amide bonds. The van der Waals surface area contributed by atoms with Crippen LogP contribution in [0.1, 0.15) is 61.1 Å². The lowest BCUT2D eigenvalue weighted by atomic mass is 9.78. The molecule has 7 rings (SSSR count). The molecule has 6 aromatic carbocycles. The van der Waals surface area contributed by atoms with E-state index in [0.29, 0.717) is 0 Å². The molecule has 0 unspecified atom stereocenters. The summed E-state index contributed by atoms with van der Waals surface area (Å²) in [5.41, 5.74) is 9.30. The number of rotatable bonds is 10. The molecule has 0 bridgehead atoms. The molecule has 1 heterocycles. The number of hydrogen-bond acceptors (Lipinski definition) is 3. The molecule has 1 saturated heterocycles. The third kappa shape index (κ3) is 8.69. The lowest BCUT2D eigenvalue weighted by molar-refractivity contribution is 0.00578. The van der Waals surface area contributed by atoms with Crippen LogP contribution >= 0.6 is 0 Å². The van der Waals surface area contributed by atoms with Gasteiger partial charge in [0, 0.05) is 17.1 Å². The summed E-state index contributed by atoms with van der Waals surface area (Å²) in [5.74, 6) is -0.497. The van der Waals surface area contributed by atoms with Crippen LogP contribution in [0.25, 0.3) is 36.5 Å². The highest BCUT2D eigenvalue weighted by atomic mass is 19.1. The molecule has 268 valence electrons. The van der Waals surface area contributed by atoms with E-state index in [1.54, 1.807) is 24.3 Å². The van der Waals surface area contributed by atoms with E-state index in [9.17, 15) is 8.78 Å². The molecule has 3 nitrogen and oxygen atoms in total. The molecule has 0 saturated carbocycles. The minimum atomic E-state index is -0.409. The van der Waals surface area contributed by atoms with Crippen molar-refractivity contribution in [1.29, 1.82) is 0 Å². The third-order valence-corrected chi connectivity index (χ3v) is 10.0. The quantitative estimate of drug-likeness (QED) is 0.104. The van der Waals surface area contributed by atoms with Crippen molar-refractivity contribution in [2.45, 2.75) is 38.9 Å². The highest BCUT2D eigenvalue weighted by molar-refractivity contribution is 6.62. The first kappa shape index (κ1) is 36.5. The molecule has 0 N–H and O–H groups in total. The normalized spacial score (nSPS) is 15.1. The predicted octanol–water partition coefficient (Wildman–Crippen LogP) is 12.2. The smallest absolute Gasteiger partial charge is 0.399 e. The maximum atomic E-state index is 13.4. The Morgan fingerprint density at radius 2 is 0.741 bits per heavy atom. The van der Waals surface area contributed by atoms with Crippen molar-refractivity contribution >= 4 is 66.1 Å². The lowest BCUT2D eigenvalue weighted by Gasteiger charge is -2.32. The van der Waals surface area contributed by atoms with E-state index in [-0.39, 0.29) is 11.6 Å². The zero-order valence-corrected chi connectivity index (χ0v) is 30.9. The Kier molecular flexibility index (Phi) is 10.6. The van der Waals surface area contributed by atoms with Gasteiger partial charge in [0.2, 0.25) is 0 Å². The molecule has 1 aliphatic rings. The predicted molar refractivity (Wildman–Crippen MR) is 223 cm³/mol. The molecule has 54 heavy (non-hydrogen) atoms. The van der Waals surface area contributed by atoms with Gasteiger partial charge < -0.3 is 14.2 Å². The summed E-state index contributed by atoms with van der Waals surface area (Å²) in [7, 11) is -0.409. The standard InChI is InChI=1S/C48H42BF2NO2/c1-47(2)48(3,4)54-49(53-47)41-7-5-6-40(34-41)13-12-39-22-32-46(33-23-39)52(44-28-18-37(19-29-44)10-8-35-14-24-42(50)25-15-35)45-30-20-38(21-31-45)11-9-36-16-26-43(51)27-17-36/h5-34H,1-4H3. The zero-order chi connectivity index (χ0) is 37.7. The zero-order valence-electron chi connectivity index (χ0n) is 30.9. The van der Waals surface area contributed by atoms with Crippen LogP contribution in [-0.2, 0) is 9.31 Å². The van der Waals surface area contributed by atoms with Gasteiger partial charge in [-0.3, -0.25) is 0 Å². The van der Waals surface area contributed by atoms with Crippen molar-refractivity contribution < 1.29 is 18.1 Å². The molecule has 0 atom stereocenters. The van der Waals surface area contributed by atoms with Gasteiger partial charge in [-0.05, 0) is 127 Å². The van der Waals surface area contributed by atoms with Gasteiger partial charge in [-0.15, -0.1) is 0 Å². The molecular weight excluding hydrogens is 671 g/mol. The fourth-order valence-corrected chi connectivity index (χ4v) is 6.16. The summed E-state index contributed by atoms with van der Waals surface area (Å²) in [6.07, 6.45) is 12.2. The fraction of sp³-hybridized carbons (Fsp3) is 0.125. The number of hydrogen-bond donors (Lipinski definition) is 0. The van der Waals surface area contributed by atoms with Crippen molar-refractivity contribution in [2.75, 3.05) is 4.90 Å². The Labute approximate surface area is 317 Å². The van der Waals surface area contributed by atoms with E-state index in [1.807, 2.05) is 36.4 Å². The second-order valence-corrected chi connectivity index (χ2v) is 14.5. The second kappa shape index (κ2) is 15.7. The third-order valence-electron chi connectivity index (χ3n) is 10.0. The van der Waals surface area contributed by atoms with Crippen molar-refractivity contribution in [1.82, 2.24) is 0 Å². The van der Waals surface area contributed by atoms with Crippen LogP contribution in [0.5, 0.6) is 0 Å². The average molecular weight is 714 g/mol. The Bertz CT molecular complexity index is 2160. The molecule has 0 aliphatic carbocycles. The maximum absolute atomic E-state index is 13.4. The minimum absolute atomic E-state index is 0.249. The molecule has 6 aromatic rings. The van der Waals surface area contributed by atoms with E-state index >= 15 is 0 Å². The van der Waals surface area contributed by atoms with Crippen molar-refractivity contribution in [3.8, 4) is 0 Å². The minimum Gasteiger partial charge on any atom is -0.399 e. The molecule has 1 aliphatic heterocycles. The summed E-state index contributed by atoms with van der Waals surface area (Å²) in [5, 5.41) is 0. The molecule has 0 radical (unpaired) electrons. The van der Waals surface area contributed by atoms with Gasteiger partial charge in [-0.25, -0.2) is 8.78 Å². The van der Waals surface area contributed by atoms with Gasteiger partial charge in [0.15, 0.2) is 0 Å². The SMILES string of the molecule is CC1(C)OB(c2cccc(C=Cc3ccc(N(c4ccc(C=Cc5ccc(F)cc5)cc4)c4ccc(C=Cc5ccc(F)cc5)cc4)cc3)c2)OC1(C)C. The number of benzene rings is 6. The van der Waals surface area contributed by atoms with Crippen molar-refractivity contribution in [2.24, 2.45) is 0 Å². The maximum Gasteiger partial charge on any atom is 0.494 e. The van der Waals surface area contributed by atoms with Crippen LogP contribution in [0.3, 0.4) is 0 Å². The van der Waals surface area contributed by atoms with Crippen LogP contribution < -0.4 is 10.4 Å². The summed E-state index contributed by atoms with van der Waals surface area (Å²) < 4.78 is 39.3. The van der Waals surface area contributed by atoms with Gasteiger partial charge >= 0.3 is 7.12 Å². The highest BCUT2D eigenvalue weighted by Gasteiger charge is 2.51. The first-order chi connectivity index (χ1) is 26.0. The van der Waals surface area contributed by atoms with Gasteiger partial charge in [-0.1, -0.05) is 121 Å². The molecule has 0 aromatic heterocycles. The van der Waals surface area contributed by atoms with Crippen molar-refractivity contribution in [3.05, 3.63) is 191 Å². The first-order valence-electron chi connectivity index (χ1n) is 18.1. The summed E-state index contributed by atoms with van der Waals surface area (Å²) >= 11 is 0. The van der Waals surface area contributed by atoms with E-state index in [1.165, 1.54) is 24.3 Å². The first-order valence-corrected chi connectivity index (χ1v) is 18.1. The van der Waals surface area contributed by atoms with E-state index in [2.05, 4.69) is 130 Å². The number of anilines is 3. The molecule has 0 spiro atoms. The Morgan fingerprint density at radius 3 is 1.09 bits per heavy atom. The largest absolute Gasteiger partial charge is 0.494 e. The topological polar surface area (TPSA) is 21.7 Å². The van der Waals surface area contributed by atoms with Gasteiger partial charge in [-0.2, -0.15) is 0 Å². The van der Waals surface area contributed by atoms with Gasteiger partial charge in [0.1, 0.15) is 11.6 Å². The molecule has 6 heteroatoms. The highest BCUT2D eigenvalue weighted by Crippen LogP contribution is 2.37. The fourth-order valence-electron chi connectivity index (χ4n) is 6.16. The van der Waals surface area contributed by atoms with Gasteiger partial charge in [0.25, 0.3) is 0 Å². The van der Waals surface area contributed by atoms with E-state index in [4.69, 9.17) is 9.31 Å². The average Bonchev–Trinajstić information content (AvgIpc) is 3.41. The summed E-state index contributed by atoms with van der Waals surface area (Å²) in [6, 6.07) is 46.4. The van der Waals surface area contributed by atoms with Crippen molar-refractivity contribution in [3.63, 3.8) is 0 Å². The van der Waals surface area contributed by atoms with E-state index < -0.39 is 18.3 Å². The number of halogens is 2. The lowest BCUT2D eigenvalue weighted by Crippen LogP contribution is -2.41. The molecular formula is C48H42BF2NO2. The number of nitrogens with zero attached hydrogens (tertiary/aromatic N) is 1. The second-order valence-electron chi connectivity index (χ2n) is 14.5. The summed E-state index contributed by atoms with van der Waals surface area (Å²) in [4.78, 5) is 2.22. The van der Waals surface area contributed by atoms with Gasteiger partial charge in [0.05, 0.1) is 11.2 Å². The Morgan fingerprint density at radius 1 is 0.426 bits per heavy atom. The van der Waals surface area contributed by atoms with Crippen LogP contribution in [-0.4, -0.2) is 18.3 Å². The van der Waals surface area contributed by atoms with Crippen LogP contribution in [0.2, 0.25) is 0 Å². The van der Waals surface area contributed by atoms with E-state index in [0.717, 1.165) is 55.9 Å². The van der Waals surface area contributed by atoms with Crippen LogP contribution in [0.15, 0.2) is 146 Å². The van der Waals surface area contributed by atoms with Crippen LogP contribution in [0, 0.1) is 11.6 Å². The van der Waals surface area contributed by atoms with Crippen LogP contribution in [0.4, 0.5) is 25.8 Å². The monoisotopic (exact) mass is 713 g/mol. The Hall–Kier alpha value is -5.82. The Balaban J connectivity index is 1.12. The molecule has 1 fully saturated rings. The summed E-state index contributed by atoms with van der Waals surface area (Å²) in [6.45, 7) is 8.26.